The van der Waals surface area contributed by atoms with E-state index in [2.05, 4.69) is 20.1 Å². The molecule has 5 heterocycles. The lowest BCUT2D eigenvalue weighted by molar-refractivity contribution is 0.177. The number of hydrogen-bond acceptors (Lipinski definition) is 7. The van der Waals surface area contributed by atoms with E-state index in [-0.39, 0.29) is 5.56 Å². The van der Waals surface area contributed by atoms with Gasteiger partial charge in [-0.1, -0.05) is 5.16 Å². The molecule has 0 spiro atoms. The normalized spacial score (nSPS) is 21.0. The van der Waals surface area contributed by atoms with Crippen LogP contribution in [0.1, 0.15) is 17.0 Å². The summed E-state index contributed by atoms with van der Waals surface area (Å²) in [7, 11) is 0. The van der Waals surface area contributed by atoms with Crippen molar-refractivity contribution in [2.45, 2.75) is 20.4 Å². The van der Waals surface area contributed by atoms with Crippen LogP contribution in [-0.4, -0.2) is 46.2 Å². The largest absolute Gasteiger partial charge is 0.381 e. The molecule has 0 unspecified atom stereocenters. The molecule has 0 aliphatic carbocycles. The van der Waals surface area contributed by atoms with Gasteiger partial charge in [0.25, 0.3) is 5.56 Å². The van der Waals surface area contributed by atoms with Gasteiger partial charge in [0.15, 0.2) is 0 Å². The van der Waals surface area contributed by atoms with Gasteiger partial charge in [-0.05, 0) is 26.0 Å². The minimum Gasteiger partial charge on any atom is -0.381 e. The van der Waals surface area contributed by atoms with Crippen molar-refractivity contribution in [2.24, 2.45) is 11.8 Å². The van der Waals surface area contributed by atoms with Crippen LogP contribution in [0.2, 0.25) is 0 Å². The van der Waals surface area contributed by atoms with Crippen molar-refractivity contribution in [3.63, 3.8) is 0 Å². The van der Waals surface area contributed by atoms with Crippen molar-refractivity contribution in [1.82, 2.24) is 19.9 Å². The first-order valence-electron chi connectivity index (χ1n) is 9.86. The zero-order chi connectivity index (χ0) is 20.0. The smallest absolute Gasteiger partial charge is 0.269 e. The molecule has 2 aliphatic heterocycles. The molecule has 8 heteroatoms. The molecule has 0 aromatic carbocycles. The van der Waals surface area contributed by atoms with Crippen LogP contribution in [-0.2, 0) is 11.3 Å². The number of nitrogens with zero attached hydrogens (tertiary/aromatic N) is 5. The van der Waals surface area contributed by atoms with E-state index < -0.39 is 0 Å². The SMILES string of the molecule is Cc1ccc(-c2noc(C)c2Cn2ncc(N3C[C@H]4COC[C@H]4C3)cc2=O)cn1. The van der Waals surface area contributed by atoms with Gasteiger partial charge in [0, 0.05) is 54.0 Å². The van der Waals surface area contributed by atoms with Crippen molar-refractivity contribution in [2.75, 3.05) is 31.2 Å². The van der Waals surface area contributed by atoms with Crippen LogP contribution in [0.5, 0.6) is 0 Å². The minimum absolute atomic E-state index is 0.135. The Morgan fingerprint density at radius 3 is 2.62 bits per heavy atom. The van der Waals surface area contributed by atoms with Crippen molar-refractivity contribution in [1.29, 1.82) is 0 Å². The Balaban J connectivity index is 1.40. The van der Waals surface area contributed by atoms with Crippen LogP contribution >= 0.6 is 0 Å². The summed E-state index contributed by atoms with van der Waals surface area (Å²) in [5, 5.41) is 8.60. The molecule has 150 valence electrons. The van der Waals surface area contributed by atoms with Crippen molar-refractivity contribution >= 4 is 5.69 Å². The fraction of sp³-hybridized carbons (Fsp3) is 0.429. The highest BCUT2D eigenvalue weighted by Crippen LogP contribution is 2.32. The highest BCUT2D eigenvalue weighted by Gasteiger charge is 2.37. The zero-order valence-electron chi connectivity index (χ0n) is 16.5. The highest BCUT2D eigenvalue weighted by molar-refractivity contribution is 5.62. The van der Waals surface area contributed by atoms with Crippen LogP contribution in [0.25, 0.3) is 11.3 Å². The first-order valence-corrected chi connectivity index (χ1v) is 9.86. The van der Waals surface area contributed by atoms with Crippen molar-refractivity contribution in [3.8, 4) is 11.3 Å². The van der Waals surface area contributed by atoms with Crippen LogP contribution in [0.4, 0.5) is 5.69 Å². The molecule has 2 aliphatic rings. The molecule has 0 saturated carbocycles. The summed E-state index contributed by atoms with van der Waals surface area (Å²) in [6.07, 6.45) is 3.54. The number of hydrogen-bond donors (Lipinski definition) is 0. The van der Waals surface area contributed by atoms with Gasteiger partial charge in [0.1, 0.15) is 11.5 Å². The maximum atomic E-state index is 12.8. The lowest BCUT2D eigenvalue weighted by Crippen LogP contribution is -2.28. The van der Waals surface area contributed by atoms with Gasteiger partial charge in [-0.25, -0.2) is 4.68 Å². The number of fused-ring (bicyclic) bond motifs is 1. The number of aromatic nitrogens is 4. The van der Waals surface area contributed by atoms with E-state index in [9.17, 15) is 4.79 Å². The zero-order valence-corrected chi connectivity index (χ0v) is 16.5. The Kier molecular flexibility index (Phi) is 4.43. The lowest BCUT2D eigenvalue weighted by atomic mass is 10.0. The van der Waals surface area contributed by atoms with E-state index in [1.54, 1.807) is 18.5 Å². The monoisotopic (exact) mass is 393 g/mol. The molecule has 0 bridgehead atoms. The Morgan fingerprint density at radius 2 is 1.93 bits per heavy atom. The van der Waals surface area contributed by atoms with Gasteiger partial charge in [0.05, 0.1) is 31.6 Å². The molecule has 0 N–H and O–H groups in total. The van der Waals surface area contributed by atoms with Gasteiger partial charge in [-0.2, -0.15) is 5.10 Å². The molecule has 2 atom stereocenters. The van der Waals surface area contributed by atoms with E-state index >= 15 is 0 Å². The molecule has 3 aromatic rings. The third-order valence-electron chi connectivity index (χ3n) is 5.94. The Hall–Kier alpha value is -3.00. The predicted molar refractivity (Wildman–Crippen MR) is 107 cm³/mol. The van der Waals surface area contributed by atoms with Gasteiger partial charge in [-0.3, -0.25) is 9.78 Å². The van der Waals surface area contributed by atoms with E-state index in [0.29, 0.717) is 29.8 Å². The number of rotatable bonds is 4. The lowest BCUT2D eigenvalue weighted by Gasteiger charge is -2.19. The molecule has 0 amide bonds. The third-order valence-corrected chi connectivity index (χ3v) is 5.94. The highest BCUT2D eigenvalue weighted by atomic mass is 16.5. The summed E-state index contributed by atoms with van der Waals surface area (Å²) in [4.78, 5) is 19.3. The van der Waals surface area contributed by atoms with Crippen molar-refractivity contribution < 1.29 is 9.26 Å². The third kappa shape index (κ3) is 3.33. The topological polar surface area (TPSA) is 86.3 Å². The number of aryl methyl sites for hydroxylation is 2. The average molecular weight is 393 g/mol. The molecule has 2 saturated heterocycles. The first kappa shape index (κ1) is 18.1. The Bertz CT molecular complexity index is 1080. The predicted octanol–water partition coefficient (Wildman–Crippen LogP) is 2.04. The second-order valence-electron chi connectivity index (χ2n) is 7.93. The molecular formula is C21H23N5O3. The van der Waals surface area contributed by atoms with Crippen LogP contribution in [0, 0.1) is 25.7 Å². The van der Waals surface area contributed by atoms with Crippen LogP contribution in [0.3, 0.4) is 0 Å². The minimum atomic E-state index is -0.135. The van der Waals surface area contributed by atoms with E-state index in [0.717, 1.165) is 48.8 Å². The summed E-state index contributed by atoms with van der Waals surface area (Å²) >= 11 is 0. The molecule has 29 heavy (non-hydrogen) atoms. The van der Waals surface area contributed by atoms with Crippen molar-refractivity contribution in [3.05, 3.63) is 58.0 Å². The quantitative estimate of drug-likeness (QED) is 0.670. The summed E-state index contributed by atoms with van der Waals surface area (Å²) in [6.45, 7) is 7.55. The molecule has 3 aromatic heterocycles. The average Bonchev–Trinajstić information content (AvgIpc) is 3.40. The summed E-state index contributed by atoms with van der Waals surface area (Å²) in [5.74, 6) is 1.79. The van der Waals surface area contributed by atoms with Crippen LogP contribution < -0.4 is 10.5 Å². The summed E-state index contributed by atoms with van der Waals surface area (Å²) in [5.41, 5.74) is 4.07. The van der Waals surface area contributed by atoms with E-state index in [1.165, 1.54) is 4.68 Å². The second-order valence-corrected chi connectivity index (χ2v) is 7.93. The summed E-state index contributed by atoms with van der Waals surface area (Å²) < 4.78 is 12.4. The second kappa shape index (κ2) is 7.11. The summed E-state index contributed by atoms with van der Waals surface area (Å²) in [6, 6.07) is 5.56. The molecule has 5 rings (SSSR count). The van der Waals surface area contributed by atoms with Gasteiger partial charge in [-0.15, -0.1) is 0 Å². The van der Waals surface area contributed by atoms with Crippen LogP contribution in [0.15, 0.2) is 39.9 Å². The molecule has 8 nitrogen and oxygen atoms in total. The maximum Gasteiger partial charge on any atom is 0.269 e. The van der Waals surface area contributed by atoms with Gasteiger partial charge >= 0.3 is 0 Å². The standard InChI is InChI=1S/C21H23N5O3/c1-13-3-4-15(6-22-13)21-19(14(2)29-24-21)10-26-20(27)5-18(7-23-26)25-8-16-11-28-12-17(16)9-25/h3-7,16-17H,8-12H2,1-2H3/t16-,17+. The number of pyridine rings is 1. The van der Waals surface area contributed by atoms with Gasteiger partial charge in [0.2, 0.25) is 0 Å². The molecular weight excluding hydrogens is 370 g/mol. The molecule has 2 fully saturated rings. The van der Waals surface area contributed by atoms with Gasteiger partial charge < -0.3 is 14.2 Å². The fourth-order valence-electron chi connectivity index (χ4n) is 4.18. The Labute approximate surface area is 168 Å². The fourth-order valence-corrected chi connectivity index (χ4v) is 4.18. The number of ether oxygens (including phenoxy) is 1. The maximum absolute atomic E-state index is 12.8. The molecule has 0 radical (unpaired) electrons. The number of anilines is 1. The Morgan fingerprint density at radius 1 is 1.14 bits per heavy atom. The first-order chi connectivity index (χ1) is 14.1. The van der Waals surface area contributed by atoms with E-state index in [4.69, 9.17) is 9.26 Å². The van der Waals surface area contributed by atoms with E-state index in [1.807, 2.05) is 26.0 Å².